The Morgan fingerprint density at radius 3 is 3.06 bits per heavy atom. The van der Waals surface area contributed by atoms with Crippen molar-refractivity contribution in [2.45, 2.75) is 45.6 Å². The lowest BCUT2D eigenvalue weighted by molar-refractivity contribution is 0.231. The Bertz CT molecular complexity index is 402. The van der Waals surface area contributed by atoms with Gasteiger partial charge in [0, 0.05) is 24.1 Å². The van der Waals surface area contributed by atoms with Crippen LogP contribution in [0, 0.1) is 5.41 Å². The molecule has 1 aliphatic carbocycles. The van der Waals surface area contributed by atoms with Gasteiger partial charge in [0.1, 0.15) is 0 Å². The lowest BCUT2D eigenvalue weighted by Crippen LogP contribution is -2.31. The van der Waals surface area contributed by atoms with Crippen molar-refractivity contribution < 1.29 is 5.11 Å². The fraction of sp³-hybridized carbons (Fsp3) is 0.714. The maximum absolute atomic E-state index is 8.91. The molecule has 0 aromatic carbocycles. The van der Waals surface area contributed by atoms with Gasteiger partial charge >= 0.3 is 0 Å². The minimum atomic E-state index is 0.241. The molecule has 1 heterocycles. The van der Waals surface area contributed by atoms with Gasteiger partial charge in [0.25, 0.3) is 0 Å². The average molecular weight is 288 g/mol. The highest BCUT2D eigenvalue weighted by molar-refractivity contribution is 7.16. The van der Waals surface area contributed by atoms with Gasteiger partial charge in [0.05, 0.1) is 4.34 Å². The fourth-order valence-corrected chi connectivity index (χ4v) is 3.94. The summed E-state index contributed by atoms with van der Waals surface area (Å²) in [6.45, 7) is 5.79. The number of hydrogen-bond donors (Lipinski definition) is 2. The summed E-state index contributed by atoms with van der Waals surface area (Å²) in [6, 6.07) is 2.59. The van der Waals surface area contributed by atoms with Gasteiger partial charge in [0.15, 0.2) is 0 Å². The Morgan fingerprint density at radius 1 is 1.56 bits per heavy atom. The number of halogens is 1. The molecule has 2 rings (SSSR count). The van der Waals surface area contributed by atoms with E-state index in [2.05, 4.69) is 25.2 Å². The van der Waals surface area contributed by atoms with E-state index in [1.165, 1.54) is 16.9 Å². The molecule has 2 N–H and O–H groups in total. The van der Waals surface area contributed by atoms with E-state index in [0.717, 1.165) is 30.1 Å². The summed E-state index contributed by atoms with van der Waals surface area (Å²) in [7, 11) is 0. The number of aliphatic hydroxyl groups is 1. The van der Waals surface area contributed by atoms with Crippen molar-refractivity contribution in [2.75, 3.05) is 13.2 Å². The molecule has 1 aromatic heterocycles. The van der Waals surface area contributed by atoms with E-state index in [0.29, 0.717) is 6.04 Å². The number of hydrogen-bond acceptors (Lipinski definition) is 3. The zero-order valence-corrected chi connectivity index (χ0v) is 12.7. The summed E-state index contributed by atoms with van der Waals surface area (Å²) >= 11 is 7.79. The van der Waals surface area contributed by atoms with Crippen LogP contribution in [0.3, 0.4) is 0 Å². The standard InChI is InChI=1S/C14H22ClNOS/c1-14(2,6-3-7-17)9-16-11-4-5-12-10(11)8-13(15)18-12/h8,11,16-17H,3-7,9H2,1-2H3. The van der Waals surface area contributed by atoms with Gasteiger partial charge in [-0.25, -0.2) is 0 Å². The first-order valence-electron chi connectivity index (χ1n) is 6.64. The fourth-order valence-electron chi connectivity index (χ4n) is 2.59. The molecule has 4 heteroatoms. The van der Waals surface area contributed by atoms with Gasteiger partial charge in [-0.3, -0.25) is 0 Å². The predicted octanol–water partition coefficient (Wildman–Crippen LogP) is 3.78. The maximum atomic E-state index is 8.91. The van der Waals surface area contributed by atoms with Crippen molar-refractivity contribution in [3.63, 3.8) is 0 Å². The third-order valence-electron chi connectivity index (χ3n) is 3.69. The summed E-state index contributed by atoms with van der Waals surface area (Å²) < 4.78 is 0.908. The monoisotopic (exact) mass is 287 g/mol. The molecule has 1 unspecified atom stereocenters. The molecule has 0 spiro atoms. The van der Waals surface area contributed by atoms with Crippen LogP contribution in [-0.4, -0.2) is 18.3 Å². The SMILES string of the molecule is CC(C)(CCCO)CNC1CCc2sc(Cl)cc21. The van der Waals surface area contributed by atoms with E-state index >= 15 is 0 Å². The van der Waals surface area contributed by atoms with Crippen LogP contribution in [0.2, 0.25) is 4.34 Å². The first-order valence-corrected chi connectivity index (χ1v) is 7.84. The lowest BCUT2D eigenvalue weighted by atomic mass is 9.87. The normalized spacial score (nSPS) is 19.2. The van der Waals surface area contributed by atoms with Crippen molar-refractivity contribution in [1.82, 2.24) is 5.32 Å². The molecular formula is C14H22ClNOS. The van der Waals surface area contributed by atoms with Crippen LogP contribution in [0.1, 0.15) is 49.6 Å². The highest BCUT2D eigenvalue weighted by Crippen LogP contribution is 2.39. The number of aliphatic hydroxyl groups excluding tert-OH is 1. The molecule has 18 heavy (non-hydrogen) atoms. The van der Waals surface area contributed by atoms with Crippen LogP contribution >= 0.6 is 22.9 Å². The number of nitrogens with one attached hydrogen (secondary N) is 1. The third-order valence-corrected chi connectivity index (χ3v) is 5.03. The van der Waals surface area contributed by atoms with Crippen LogP contribution in [-0.2, 0) is 6.42 Å². The van der Waals surface area contributed by atoms with Crippen molar-refractivity contribution >= 4 is 22.9 Å². The molecule has 0 saturated heterocycles. The van der Waals surface area contributed by atoms with Crippen molar-refractivity contribution in [1.29, 1.82) is 0 Å². The largest absolute Gasteiger partial charge is 0.396 e. The van der Waals surface area contributed by atoms with Crippen LogP contribution in [0.15, 0.2) is 6.07 Å². The van der Waals surface area contributed by atoms with Gasteiger partial charge in [-0.2, -0.15) is 0 Å². The molecule has 1 aliphatic rings. The van der Waals surface area contributed by atoms with E-state index in [1.807, 2.05) is 0 Å². The zero-order valence-electron chi connectivity index (χ0n) is 11.1. The van der Waals surface area contributed by atoms with Gasteiger partial charge < -0.3 is 10.4 Å². The van der Waals surface area contributed by atoms with E-state index in [1.54, 1.807) is 11.3 Å². The Morgan fingerprint density at radius 2 is 2.33 bits per heavy atom. The molecule has 0 saturated carbocycles. The minimum Gasteiger partial charge on any atom is -0.396 e. The van der Waals surface area contributed by atoms with Crippen molar-refractivity contribution in [3.05, 3.63) is 20.8 Å². The zero-order chi connectivity index (χ0) is 13.2. The molecule has 0 aliphatic heterocycles. The predicted molar refractivity (Wildman–Crippen MR) is 78.5 cm³/mol. The van der Waals surface area contributed by atoms with Crippen molar-refractivity contribution in [2.24, 2.45) is 5.41 Å². The molecule has 1 aromatic rings. The van der Waals surface area contributed by atoms with Crippen LogP contribution in [0.5, 0.6) is 0 Å². The molecular weight excluding hydrogens is 266 g/mol. The highest BCUT2D eigenvalue weighted by atomic mass is 35.5. The summed E-state index contributed by atoms with van der Waals surface area (Å²) in [5, 5.41) is 12.6. The lowest BCUT2D eigenvalue weighted by Gasteiger charge is -2.27. The second kappa shape index (κ2) is 5.91. The van der Waals surface area contributed by atoms with Gasteiger partial charge in [-0.1, -0.05) is 25.4 Å². The maximum Gasteiger partial charge on any atom is 0.0934 e. The summed E-state index contributed by atoms with van der Waals surface area (Å²) in [5.41, 5.74) is 1.65. The van der Waals surface area contributed by atoms with E-state index in [-0.39, 0.29) is 12.0 Å². The van der Waals surface area contributed by atoms with E-state index < -0.39 is 0 Å². The second-order valence-corrected chi connectivity index (χ2v) is 7.66. The smallest absolute Gasteiger partial charge is 0.0934 e. The van der Waals surface area contributed by atoms with Crippen LogP contribution < -0.4 is 5.32 Å². The quantitative estimate of drug-likeness (QED) is 0.835. The number of fused-ring (bicyclic) bond motifs is 1. The van der Waals surface area contributed by atoms with Gasteiger partial charge in [-0.15, -0.1) is 11.3 Å². The van der Waals surface area contributed by atoms with Crippen LogP contribution in [0.25, 0.3) is 0 Å². The highest BCUT2D eigenvalue weighted by Gasteiger charge is 2.26. The molecule has 0 radical (unpaired) electrons. The number of aryl methyl sites for hydroxylation is 1. The molecule has 2 nitrogen and oxygen atoms in total. The summed E-state index contributed by atoms with van der Waals surface area (Å²) in [4.78, 5) is 1.45. The molecule has 0 amide bonds. The Hall–Kier alpha value is -0.0900. The number of thiophene rings is 1. The van der Waals surface area contributed by atoms with Gasteiger partial charge in [0.2, 0.25) is 0 Å². The average Bonchev–Trinajstić information content (AvgIpc) is 2.83. The molecule has 1 atom stereocenters. The van der Waals surface area contributed by atoms with Crippen LogP contribution in [0.4, 0.5) is 0 Å². The Kier molecular flexibility index (Phi) is 4.70. The van der Waals surface area contributed by atoms with Gasteiger partial charge in [-0.05, 0) is 42.7 Å². The summed E-state index contributed by atoms with van der Waals surface area (Å²) in [6.07, 6.45) is 4.28. The molecule has 0 fully saturated rings. The first-order chi connectivity index (χ1) is 8.52. The minimum absolute atomic E-state index is 0.241. The Labute approximate surface area is 118 Å². The number of rotatable bonds is 6. The topological polar surface area (TPSA) is 32.3 Å². The molecule has 0 bridgehead atoms. The van der Waals surface area contributed by atoms with E-state index in [4.69, 9.17) is 16.7 Å². The second-order valence-electron chi connectivity index (χ2n) is 5.89. The Balaban J connectivity index is 1.88. The summed E-state index contributed by atoms with van der Waals surface area (Å²) in [5.74, 6) is 0. The van der Waals surface area contributed by atoms with Crippen molar-refractivity contribution in [3.8, 4) is 0 Å². The van der Waals surface area contributed by atoms with E-state index in [9.17, 15) is 0 Å². The molecule has 102 valence electrons. The first kappa shape index (κ1) is 14.3. The third kappa shape index (κ3) is 3.47.